The summed E-state index contributed by atoms with van der Waals surface area (Å²) in [5.74, 6) is 2.03. The molecule has 0 aliphatic heterocycles. The Morgan fingerprint density at radius 3 is 1.25 bits per heavy atom. The van der Waals surface area contributed by atoms with Crippen molar-refractivity contribution in [1.82, 2.24) is 15.0 Å². The molecule has 2 aromatic heterocycles. The van der Waals surface area contributed by atoms with E-state index in [0.717, 1.165) is 49.8 Å². The largest absolute Gasteiger partial charge is 0.455 e. The Morgan fingerprint density at radius 2 is 0.729 bits per heavy atom. The molecule has 0 atom stereocenters. The maximum absolute atomic E-state index is 6.89. The molecular weight excluding hydrogens is 707 g/mol. The topological polar surface area (TPSA) is 51.8 Å². The van der Waals surface area contributed by atoms with Crippen LogP contribution in [0.3, 0.4) is 0 Å². The van der Waals surface area contributed by atoms with Crippen LogP contribution in [0.5, 0.6) is 0 Å². The average Bonchev–Trinajstić information content (AvgIpc) is 3.64. The van der Waals surface area contributed by atoms with Gasteiger partial charge in [0.1, 0.15) is 89.6 Å². The highest BCUT2D eigenvalue weighted by molar-refractivity contribution is 6.70. The summed E-state index contributed by atoms with van der Waals surface area (Å²) in [4.78, 5) is 15.9. The first-order valence-electron chi connectivity index (χ1n) is 20.6. The lowest BCUT2D eigenvalue weighted by atomic mass is 9.60. The molecular formula is C45H37B10N3O. The first kappa shape index (κ1) is 37.3. The Kier molecular flexibility index (Phi) is 8.72. The van der Waals surface area contributed by atoms with Crippen molar-refractivity contribution in [3.05, 3.63) is 103 Å². The number of rotatable bonds is 4. The summed E-state index contributed by atoms with van der Waals surface area (Å²) in [5.41, 5.74) is 19.4. The molecule has 0 unspecified atom stereocenters. The van der Waals surface area contributed by atoms with Crippen molar-refractivity contribution in [3.63, 3.8) is 0 Å². The van der Waals surface area contributed by atoms with Crippen LogP contribution in [0.4, 0.5) is 0 Å². The first-order valence-corrected chi connectivity index (χ1v) is 20.6. The van der Waals surface area contributed by atoms with Gasteiger partial charge in [0.15, 0.2) is 17.5 Å². The summed E-state index contributed by atoms with van der Waals surface area (Å²) in [6.07, 6.45) is 0. The van der Waals surface area contributed by atoms with Crippen LogP contribution >= 0.6 is 0 Å². The number of nitrogens with zero attached hydrogens (tertiary/aromatic N) is 3. The molecule has 0 amide bonds. The smallest absolute Gasteiger partial charge is 0.164 e. The third kappa shape index (κ3) is 5.63. The molecule has 0 aliphatic rings. The third-order valence-electron chi connectivity index (χ3n) is 13.9. The molecule has 0 saturated heterocycles. The zero-order valence-electron chi connectivity index (χ0n) is 35.6. The summed E-state index contributed by atoms with van der Waals surface area (Å²) < 4.78 is 6.89. The number of furan rings is 1. The van der Waals surface area contributed by atoms with Gasteiger partial charge in [0.2, 0.25) is 0 Å². The lowest BCUT2D eigenvalue weighted by Crippen LogP contribution is -2.55. The quantitative estimate of drug-likeness (QED) is 0.134. The van der Waals surface area contributed by atoms with Gasteiger partial charge in [-0.15, -0.1) is 32.8 Å². The Bertz CT molecular complexity index is 3300. The molecule has 268 valence electrons. The molecule has 59 heavy (non-hydrogen) atoms. The van der Waals surface area contributed by atoms with Gasteiger partial charge in [-0.05, 0) is 56.1 Å². The van der Waals surface area contributed by atoms with Crippen molar-refractivity contribution in [2.45, 2.75) is 0 Å². The van der Waals surface area contributed by atoms with Crippen molar-refractivity contribution >= 4 is 187 Å². The Hall–Kier alpha value is -6.00. The molecule has 0 bridgehead atoms. The van der Waals surface area contributed by atoms with Crippen molar-refractivity contribution in [1.29, 1.82) is 0 Å². The first-order chi connectivity index (χ1) is 28.4. The molecule has 2 heterocycles. The molecule has 14 heteroatoms. The maximum atomic E-state index is 6.89. The van der Waals surface area contributed by atoms with Crippen LogP contribution in [0.1, 0.15) is 0 Å². The minimum atomic E-state index is 0.630. The number of para-hydroxylation sites is 1. The molecule has 0 aliphatic carbocycles. The molecule has 0 fully saturated rings. The SMILES string of the molecule is Bc1c(B)c(B)c(-c2nc(-c3ccc4c(c3)oc3c(-c5ccc6c7ccccc7c7ccccc7c6c5)cccc34)nc(-c3c(B)c(B)c(B)c(B)c3B)n2)c(B)c1B. The lowest BCUT2D eigenvalue weighted by molar-refractivity contribution is 0.670. The molecule has 0 N–H and O–H groups in total. The van der Waals surface area contributed by atoms with E-state index in [2.05, 4.69) is 182 Å². The Labute approximate surface area is 353 Å². The number of hydrogen-bond donors (Lipinski definition) is 0. The highest BCUT2D eigenvalue weighted by atomic mass is 16.3. The van der Waals surface area contributed by atoms with Crippen LogP contribution in [-0.2, 0) is 0 Å². The summed E-state index contributed by atoms with van der Waals surface area (Å²) in [6.45, 7) is 0. The van der Waals surface area contributed by atoms with E-state index < -0.39 is 0 Å². The number of fused-ring (bicyclic) bond motifs is 9. The van der Waals surface area contributed by atoms with E-state index in [1.54, 1.807) is 0 Å². The van der Waals surface area contributed by atoms with Gasteiger partial charge >= 0.3 is 0 Å². The van der Waals surface area contributed by atoms with Gasteiger partial charge in [-0.3, -0.25) is 0 Å². The van der Waals surface area contributed by atoms with Gasteiger partial charge < -0.3 is 4.42 Å². The van der Waals surface area contributed by atoms with Crippen molar-refractivity contribution < 1.29 is 4.42 Å². The Balaban J connectivity index is 1.18. The van der Waals surface area contributed by atoms with E-state index in [9.17, 15) is 0 Å². The van der Waals surface area contributed by atoms with Crippen molar-refractivity contribution in [3.8, 4) is 45.3 Å². The van der Waals surface area contributed by atoms with E-state index in [-0.39, 0.29) is 0 Å². The van der Waals surface area contributed by atoms with Gasteiger partial charge in [-0.1, -0.05) is 107 Å². The van der Waals surface area contributed by atoms with Gasteiger partial charge in [-0.25, -0.2) is 15.0 Å². The van der Waals surface area contributed by atoms with Crippen LogP contribution in [0.25, 0.3) is 99.5 Å². The summed E-state index contributed by atoms with van der Waals surface area (Å²) in [5, 5.41) is 9.70. The number of benzene rings is 8. The van der Waals surface area contributed by atoms with Gasteiger partial charge in [0, 0.05) is 33.0 Å². The van der Waals surface area contributed by atoms with E-state index in [4.69, 9.17) is 19.4 Å². The van der Waals surface area contributed by atoms with Crippen LogP contribution in [0.15, 0.2) is 108 Å². The van der Waals surface area contributed by atoms with E-state index in [1.807, 2.05) is 0 Å². The normalized spacial score (nSPS) is 11.7. The van der Waals surface area contributed by atoms with Gasteiger partial charge in [0.25, 0.3) is 0 Å². The monoisotopic (exact) mass is 745 g/mol. The van der Waals surface area contributed by atoms with Gasteiger partial charge in [-0.2, -0.15) is 0 Å². The van der Waals surface area contributed by atoms with Crippen LogP contribution in [0, 0.1) is 0 Å². The van der Waals surface area contributed by atoms with E-state index >= 15 is 0 Å². The second-order valence-corrected chi connectivity index (χ2v) is 16.7. The fraction of sp³-hybridized carbons (Fsp3) is 0. The van der Waals surface area contributed by atoms with Crippen molar-refractivity contribution in [2.75, 3.05) is 0 Å². The summed E-state index contributed by atoms with van der Waals surface area (Å²) in [6, 6.07) is 37.2. The molecule has 0 spiro atoms. The van der Waals surface area contributed by atoms with Crippen LogP contribution in [0.2, 0.25) is 0 Å². The number of hydrogen-bond acceptors (Lipinski definition) is 4. The number of aromatic nitrogens is 3. The van der Waals surface area contributed by atoms with Crippen molar-refractivity contribution in [2.24, 2.45) is 0 Å². The minimum absolute atomic E-state index is 0.630. The fourth-order valence-electron chi connectivity index (χ4n) is 9.64. The highest BCUT2D eigenvalue weighted by Gasteiger charge is 2.23. The Morgan fingerprint density at radius 1 is 0.322 bits per heavy atom. The predicted octanol–water partition coefficient (Wildman–Crippen LogP) is -5.52. The lowest BCUT2D eigenvalue weighted by Gasteiger charge is -2.22. The van der Waals surface area contributed by atoms with Crippen LogP contribution < -0.4 is 54.6 Å². The molecule has 10 aromatic rings. The maximum Gasteiger partial charge on any atom is 0.164 e. The molecule has 0 saturated carbocycles. The fourth-order valence-corrected chi connectivity index (χ4v) is 9.64. The molecule has 10 rings (SSSR count). The van der Waals surface area contributed by atoms with E-state index in [0.29, 0.717) is 17.5 Å². The molecule has 8 aromatic carbocycles. The summed E-state index contributed by atoms with van der Waals surface area (Å²) in [7, 11) is 22.0. The zero-order valence-corrected chi connectivity index (χ0v) is 35.6. The minimum Gasteiger partial charge on any atom is -0.455 e. The highest BCUT2D eigenvalue weighted by Crippen LogP contribution is 2.41. The van der Waals surface area contributed by atoms with E-state index in [1.165, 1.54) is 86.9 Å². The second kappa shape index (κ2) is 13.8. The summed E-state index contributed by atoms with van der Waals surface area (Å²) >= 11 is 0. The van der Waals surface area contributed by atoms with Crippen LogP contribution in [-0.4, -0.2) is 93.4 Å². The zero-order chi connectivity index (χ0) is 41.0. The standard InChI is InChI=1S/C45H37B10N3O/c46-32-30(33(47)37(51)40(54)36(32)50)44-56-43(57-45(58-44)31-34(48)38(52)41(55)39(53)35(31)49)19-13-15-26-27-11-5-10-20(42(27)59-29(26)17-19)18-12-14-25-23-8-2-1-6-21(23)22-7-3-4-9-24(22)28(25)16-18/h1-17H,46-55H2. The molecule has 0 radical (unpaired) electrons. The second-order valence-electron chi connectivity index (χ2n) is 16.7. The molecule has 4 nitrogen and oxygen atoms in total. The average molecular weight is 744 g/mol. The third-order valence-corrected chi connectivity index (χ3v) is 13.9. The van der Waals surface area contributed by atoms with Gasteiger partial charge in [0.05, 0.1) is 0 Å². The predicted molar refractivity (Wildman–Crippen MR) is 283 cm³/mol.